The quantitative estimate of drug-likeness (QED) is 0.459. The number of nitrogens with zero attached hydrogens (tertiary/aromatic N) is 2. The molecular formula is C18H33N3O5S. The normalized spacial score (nSPS) is 15.3. The van der Waals surface area contributed by atoms with Gasteiger partial charge in [-0.05, 0) is 33.7 Å². The molecule has 1 heterocycles. The van der Waals surface area contributed by atoms with Gasteiger partial charge in [0, 0.05) is 44.9 Å². The Labute approximate surface area is 166 Å². The van der Waals surface area contributed by atoms with Crippen LogP contribution in [0, 0.1) is 0 Å². The molecule has 0 aliphatic carbocycles. The Morgan fingerprint density at radius 1 is 1.11 bits per heavy atom. The van der Waals surface area contributed by atoms with Crippen LogP contribution in [0.4, 0.5) is 4.79 Å². The monoisotopic (exact) mass is 403 g/mol. The van der Waals surface area contributed by atoms with Gasteiger partial charge in [-0.2, -0.15) is 0 Å². The predicted molar refractivity (Wildman–Crippen MR) is 106 cm³/mol. The number of amides is 2. The molecule has 0 bridgehead atoms. The number of ether oxygens (including phenoxy) is 2. The van der Waals surface area contributed by atoms with Crippen molar-refractivity contribution in [2.75, 3.05) is 57.9 Å². The maximum absolute atomic E-state index is 12.0. The fourth-order valence-electron chi connectivity index (χ4n) is 2.48. The molecular weight excluding hydrogens is 370 g/mol. The molecule has 0 saturated carbocycles. The molecule has 156 valence electrons. The minimum Gasteiger partial charge on any atom is -0.468 e. The zero-order valence-corrected chi connectivity index (χ0v) is 17.7. The third-order valence-electron chi connectivity index (χ3n) is 3.92. The van der Waals surface area contributed by atoms with Gasteiger partial charge in [-0.1, -0.05) is 0 Å². The lowest BCUT2D eigenvalue weighted by atomic mass is 10.2. The molecule has 27 heavy (non-hydrogen) atoms. The van der Waals surface area contributed by atoms with Crippen LogP contribution in [0.1, 0.15) is 33.6 Å². The molecule has 1 N–H and O–H groups in total. The largest absolute Gasteiger partial charge is 0.468 e. The van der Waals surface area contributed by atoms with Crippen molar-refractivity contribution in [3.63, 3.8) is 0 Å². The first kappa shape index (κ1) is 23.6. The van der Waals surface area contributed by atoms with Gasteiger partial charge in [-0.3, -0.25) is 14.5 Å². The molecule has 0 atom stereocenters. The molecule has 0 aromatic rings. The highest BCUT2D eigenvalue weighted by Gasteiger charge is 2.25. The van der Waals surface area contributed by atoms with E-state index in [-0.39, 0.29) is 23.7 Å². The van der Waals surface area contributed by atoms with Crippen molar-refractivity contribution in [1.29, 1.82) is 0 Å². The highest BCUT2D eigenvalue weighted by Crippen LogP contribution is 2.12. The van der Waals surface area contributed by atoms with Crippen molar-refractivity contribution in [1.82, 2.24) is 15.1 Å². The Morgan fingerprint density at radius 3 is 2.37 bits per heavy atom. The fourth-order valence-corrected chi connectivity index (χ4v) is 3.24. The number of carbonyl (C=O) groups is 3. The fraction of sp³-hybridized carbons (Fsp3) is 0.833. The van der Waals surface area contributed by atoms with Crippen LogP contribution in [0.15, 0.2) is 0 Å². The molecule has 1 fully saturated rings. The molecule has 0 radical (unpaired) electrons. The molecule has 0 unspecified atom stereocenters. The van der Waals surface area contributed by atoms with Crippen LogP contribution in [0.3, 0.4) is 0 Å². The number of carbonyl (C=O) groups excluding carboxylic acids is 3. The summed E-state index contributed by atoms with van der Waals surface area (Å²) in [5, 5.41) is 2.90. The maximum atomic E-state index is 12.0. The number of rotatable bonds is 9. The van der Waals surface area contributed by atoms with Crippen LogP contribution in [0.2, 0.25) is 0 Å². The highest BCUT2D eigenvalue weighted by molar-refractivity contribution is 7.99. The Morgan fingerprint density at radius 2 is 1.78 bits per heavy atom. The van der Waals surface area contributed by atoms with Crippen LogP contribution in [0.25, 0.3) is 0 Å². The topological polar surface area (TPSA) is 88.2 Å². The average molecular weight is 404 g/mol. The van der Waals surface area contributed by atoms with Crippen molar-refractivity contribution in [2.24, 2.45) is 0 Å². The number of esters is 1. The van der Waals surface area contributed by atoms with Gasteiger partial charge in [0.05, 0.1) is 12.9 Å². The predicted octanol–water partition coefficient (Wildman–Crippen LogP) is 1.34. The third kappa shape index (κ3) is 11.1. The standard InChI is InChI=1S/C18H33N3O5S/c1-18(2,3)26-17(24)21-11-9-20(10-12-21)8-5-7-19-15(22)6-13-27-14-16(23)25-4/h5-14H2,1-4H3,(H,19,22). The molecule has 9 heteroatoms. The molecule has 2 amide bonds. The van der Waals surface area contributed by atoms with Crippen molar-refractivity contribution in [3.8, 4) is 0 Å². The SMILES string of the molecule is COC(=O)CSCCC(=O)NCCCN1CCN(C(=O)OC(C)(C)C)CC1. The van der Waals surface area contributed by atoms with Gasteiger partial charge in [0.15, 0.2) is 0 Å². The van der Waals surface area contributed by atoms with Crippen molar-refractivity contribution in [2.45, 2.75) is 39.2 Å². The highest BCUT2D eigenvalue weighted by atomic mass is 32.2. The van der Waals surface area contributed by atoms with Gasteiger partial charge < -0.3 is 19.7 Å². The van der Waals surface area contributed by atoms with E-state index in [1.54, 1.807) is 4.90 Å². The summed E-state index contributed by atoms with van der Waals surface area (Å²) < 4.78 is 9.93. The van der Waals surface area contributed by atoms with E-state index in [0.717, 1.165) is 26.1 Å². The first-order valence-electron chi connectivity index (χ1n) is 9.33. The second-order valence-corrected chi connectivity index (χ2v) is 8.50. The lowest BCUT2D eigenvalue weighted by Gasteiger charge is -2.35. The summed E-state index contributed by atoms with van der Waals surface area (Å²) in [7, 11) is 1.35. The van der Waals surface area contributed by atoms with Crippen molar-refractivity contribution >= 4 is 29.7 Å². The van der Waals surface area contributed by atoms with Crippen LogP contribution >= 0.6 is 11.8 Å². The minimum atomic E-state index is -0.468. The Kier molecular flexibility index (Phi) is 10.5. The summed E-state index contributed by atoms with van der Waals surface area (Å²) in [6.45, 7) is 10.1. The van der Waals surface area contributed by atoms with Crippen LogP contribution in [0.5, 0.6) is 0 Å². The Bertz CT molecular complexity index is 488. The molecule has 0 spiro atoms. The summed E-state index contributed by atoms with van der Waals surface area (Å²) in [6.07, 6.45) is 1.02. The van der Waals surface area contributed by atoms with E-state index in [4.69, 9.17) is 4.74 Å². The first-order valence-corrected chi connectivity index (χ1v) is 10.5. The van der Waals surface area contributed by atoms with Crippen LogP contribution in [-0.2, 0) is 19.1 Å². The minimum absolute atomic E-state index is 0.00195. The average Bonchev–Trinajstić information content (AvgIpc) is 2.61. The second-order valence-electron chi connectivity index (χ2n) is 7.39. The first-order chi connectivity index (χ1) is 12.7. The number of hydrogen-bond acceptors (Lipinski definition) is 7. The number of nitrogens with one attached hydrogen (secondary N) is 1. The molecule has 1 aliphatic rings. The molecule has 1 saturated heterocycles. The summed E-state index contributed by atoms with van der Waals surface area (Å²) >= 11 is 1.40. The number of hydrogen-bond donors (Lipinski definition) is 1. The number of piperazine rings is 1. The van der Waals surface area contributed by atoms with E-state index in [1.807, 2.05) is 20.8 Å². The van der Waals surface area contributed by atoms with E-state index in [0.29, 0.717) is 31.8 Å². The van der Waals surface area contributed by atoms with Gasteiger partial charge >= 0.3 is 12.1 Å². The van der Waals surface area contributed by atoms with Crippen LogP contribution in [-0.4, -0.2) is 91.3 Å². The number of methoxy groups -OCH3 is 1. The van der Waals surface area contributed by atoms with E-state index in [1.165, 1.54) is 18.9 Å². The van der Waals surface area contributed by atoms with Crippen molar-refractivity contribution < 1.29 is 23.9 Å². The van der Waals surface area contributed by atoms with Gasteiger partial charge in [0.1, 0.15) is 5.60 Å². The smallest absolute Gasteiger partial charge is 0.410 e. The lowest BCUT2D eigenvalue weighted by Crippen LogP contribution is -2.50. The summed E-state index contributed by atoms with van der Waals surface area (Å²) in [5.74, 6) is 0.612. The molecule has 1 aliphatic heterocycles. The number of thioether (sulfide) groups is 1. The van der Waals surface area contributed by atoms with E-state index in [9.17, 15) is 14.4 Å². The van der Waals surface area contributed by atoms with Crippen LogP contribution < -0.4 is 5.32 Å². The van der Waals surface area contributed by atoms with E-state index in [2.05, 4.69) is 15.0 Å². The van der Waals surface area contributed by atoms with Crippen molar-refractivity contribution in [3.05, 3.63) is 0 Å². The zero-order valence-electron chi connectivity index (χ0n) is 16.9. The maximum Gasteiger partial charge on any atom is 0.410 e. The summed E-state index contributed by atoms with van der Waals surface area (Å²) in [4.78, 5) is 38.8. The van der Waals surface area contributed by atoms with Gasteiger partial charge in [-0.25, -0.2) is 4.79 Å². The lowest BCUT2D eigenvalue weighted by molar-refractivity contribution is -0.137. The van der Waals surface area contributed by atoms with Gasteiger partial charge in [0.2, 0.25) is 5.91 Å². The van der Waals surface area contributed by atoms with E-state index < -0.39 is 5.60 Å². The molecule has 8 nitrogen and oxygen atoms in total. The molecule has 0 aromatic carbocycles. The third-order valence-corrected chi connectivity index (χ3v) is 4.85. The van der Waals surface area contributed by atoms with Gasteiger partial charge in [-0.15, -0.1) is 11.8 Å². The Balaban J connectivity index is 2.06. The Hall–Kier alpha value is -1.48. The second kappa shape index (κ2) is 12.1. The zero-order chi connectivity index (χ0) is 20.3. The summed E-state index contributed by atoms with van der Waals surface area (Å²) in [6, 6.07) is 0. The van der Waals surface area contributed by atoms with Gasteiger partial charge in [0.25, 0.3) is 0 Å². The molecule has 0 aromatic heterocycles. The summed E-state index contributed by atoms with van der Waals surface area (Å²) in [5.41, 5.74) is -0.468. The molecule has 1 rings (SSSR count). The van der Waals surface area contributed by atoms with E-state index >= 15 is 0 Å².